The molecule has 114 valence electrons. The normalized spacial score (nSPS) is 20.9. The van der Waals surface area contributed by atoms with Crippen LogP contribution in [-0.2, 0) is 9.31 Å². The molecule has 0 aliphatic carbocycles. The van der Waals surface area contributed by atoms with Crippen molar-refractivity contribution in [2.24, 2.45) is 0 Å². The molecule has 1 aromatic rings. The van der Waals surface area contributed by atoms with Crippen molar-refractivity contribution in [3.63, 3.8) is 0 Å². The SMILES string of the molecule is CNCC(=Cc1cccc(F)n1)B1OC(C)(C)C(C)(C)O1. The quantitative estimate of drug-likeness (QED) is 0.684. The molecule has 0 amide bonds. The van der Waals surface area contributed by atoms with Crippen LogP contribution < -0.4 is 5.32 Å². The summed E-state index contributed by atoms with van der Waals surface area (Å²) in [5.74, 6) is -0.499. The van der Waals surface area contributed by atoms with Crippen molar-refractivity contribution in [3.05, 3.63) is 35.3 Å². The summed E-state index contributed by atoms with van der Waals surface area (Å²) in [5.41, 5.74) is 0.629. The molecule has 0 bridgehead atoms. The zero-order valence-corrected chi connectivity index (χ0v) is 13.2. The number of rotatable bonds is 4. The van der Waals surface area contributed by atoms with Gasteiger partial charge in [-0.3, -0.25) is 0 Å². The van der Waals surface area contributed by atoms with Crippen molar-refractivity contribution in [2.45, 2.75) is 38.9 Å². The molecule has 21 heavy (non-hydrogen) atoms. The molecule has 6 heteroatoms. The van der Waals surface area contributed by atoms with Gasteiger partial charge in [0.1, 0.15) is 0 Å². The molecule has 0 unspecified atom stereocenters. The van der Waals surface area contributed by atoms with Crippen LogP contribution in [0.4, 0.5) is 4.39 Å². The highest BCUT2D eigenvalue weighted by Gasteiger charge is 2.52. The van der Waals surface area contributed by atoms with E-state index < -0.39 is 24.3 Å². The average Bonchev–Trinajstić information content (AvgIpc) is 2.58. The fraction of sp³-hybridized carbons (Fsp3) is 0.533. The molecule has 0 saturated carbocycles. The minimum absolute atomic E-state index is 0.403. The molecular formula is C15H22BFN2O2. The van der Waals surface area contributed by atoms with Crippen LogP contribution in [0.25, 0.3) is 6.08 Å². The number of nitrogens with zero attached hydrogens (tertiary/aromatic N) is 1. The Bertz CT molecular complexity index is 530. The number of pyridine rings is 1. The number of likely N-dealkylation sites (N-methyl/N-ethyl adjacent to an activating group) is 1. The van der Waals surface area contributed by atoms with Crippen LogP contribution in [0.5, 0.6) is 0 Å². The second kappa shape index (κ2) is 5.87. The predicted octanol–water partition coefficient (Wildman–Crippen LogP) is 2.45. The van der Waals surface area contributed by atoms with Crippen LogP contribution in [0, 0.1) is 5.95 Å². The number of hydrogen-bond acceptors (Lipinski definition) is 4. The Morgan fingerprint density at radius 3 is 2.43 bits per heavy atom. The van der Waals surface area contributed by atoms with Crippen LogP contribution >= 0.6 is 0 Å². The van der Waals surface area contributed by atoms with Crippen molar-refractivity contribution >= 4 is 13.2 Å². The van der Waals surface area contributed by atoms with E-state index in [0.29, 0.717) is 12.2 Å². The second-order valence-electron chi connectivity index (χ2n) is 6.22. The van der Waals surface area contributed by atoms with Crippen LogP contribution in [-0.4, -0.2) is 36.9 Å². The molecule has 0 aromatic carbocycles. The van der Waals surface area contributed by atoms with Gasteiger partial charge in [0.15, 0.2) is 0 Å². The number of halogens is 1. The van der Waals surface area contributed by atoms with E-state index in [2.05, 4.69) is 10.3 Å². The van der Waals surface area contributed by atoms with E-state index in [9.17, 15) is 4.39 Å². The highest BCUT2D eigenvalue weighted by atomic mass is 19.1. The van der Waals surface area contributed by atoms with E-state index in [0.717, 1.165) is 5.47 Å². The van der Waals surface area contributed by atoms with Gasteiger partial charge in [-0.05, 0) is 58.4 Å². The van der Waals surface area contributed by atoms with Crippen LogP contribution in [0.15, 0.2) is 23.7 Å². The fourth-order valence-electron chi connectivity index (χ4n) is 2.10. The van der Waals surface area contributed by atoms with Gasteiger partial charge in [0.25, 0.3) is 0 Å². The zero-order valence-electron chi connectivity index (χ0n) is 13.2. The molecule has 1 aromatic heterocycles. The van der Waals surface area contributed by atoms with Gasteiger partial charge in [-0.25, -0.2) is 4.98 Å². The third-order valence-corrected chi connectivity index (χ3v) is 4.01. The second-order valence-corrected chi connectivity index (χ2v) is 6.22. The van der Waals surface area contributed by atoms with Gasteiger partial charge >= 0.3 is 7.12 Å². The van der Waals surface area contributed by atoms with Crippen molar-refractivity contribution in [1.29, 1.82) is 0 Å². The summed E-state index contributed by atoms with van der Waals surface area (Å²) in [4.78, 5) is 3.86. The maximum atomic E-state index is 13.2. The molecular weight excluding hydrogens is 270 g/mol. The van der Waals surface area contributed by atoms with E-state index in [-0.39, 0.29) is 0 Å². The Hall–Kier alpha value is -1.24. The van der Waals surface area contributed by atoms with E-state index in [1.165, 1.54) is 6.07 Å². The molecule has 1 aliphatic rings. The summed E-state index contributed by atoms with van der Waals surface area (Å²) < 4.78 is 25.3. The van der Waals surface area contributed by atoms with E-state index >= 15 is 0 Å². The molecule has 0 radical (unpaired) electrons. The minimum atomic E-state index is -0.499. The molecule has 1 saturated heterocycles. The first-order valence-electron chi connectivity index (χ1n) is 7.08. The maximum absolute atomic E-state index is 13.2. The highest BCUT2D eigenvalue weighted by Crippen LogP contribution is 2.38. The summed E-state index contributed by atoms with van der Waals surface area (Å²) in [6.45, 7) is 8.60. The lowest BCUT2D eigenvalue weighted by molar-refractivity contribution is 0.00578. The van der Waals surface area contributed by atoms with Gasteiger partial charge in [-0.15, -0.1) is 0 Å². The molecule has 1 aliphatic heterocycles. The van der Waals surface area contributed by atoms with Gasteiger partial charge in [0.05, 0.1) is 16.9 Å². The zero-order chi connectivity index (χ0) is 15.7. The van der Waals surface area contributed by atoms with Crippen molar-refractivity contribution in [3.8, 4) is 0 Å². The molecule has 2 heterocycles. The smallest absolute Gasteiger partial charge is 0.400 e. The first-order chi connectivity index (χ1) is 9.75. The van der Waals surface area contributed by atoms with Crippen LogP contribution in [0.3, 0.4) is 0 Å². The molecule has 2 rings (SSSR count). The average molecular weight is 292 g/mol. The van der Waals surface area contributed by atoms with Crippen molar-refractivity contribution in [1.82, 2.24) is 10.3 Å². The Morgan fingerprint density at radius 2 is 1.90 bits per heavy atom. The van der Waals surface area contributed by atoms with E-state index in [1.807, 2.05) is 40.8 Å². The van der Waals surface area contributed by atoms with Gasteiger partial charge < -0.3 is 14.6 Å². The van der Waals surface area contributed by atoms with Crippen LogP contribution in [0.1, 0.15) is 33.4 Å². The Kier molecular flexibility index (Phi) is 4.51. The van der Waals surface area contributed by atoms with Gasteiger partial charge in [0, 0.05) is 6.54 Å². The largest absolute Gasteiger partial charge is 0.491 e. The lowest BCUT2D eigenvalue weighted by Gasteiger charge is -2.32. The first kappa shape index (κ1) is 16.1. The monoisotopic (exact) mass is 292 g/mol. The molecule has 4 nitrogen and oxygen atoms in total. The Morgan fingerprint density at radius 1 is 1.29 bits per heavy atom. The third kappa shape index (κ3) is 3.51. The molecule has 0 atom stereocenters. The topological polar surface area (TPSA) is 43.4 Å². The van der Waals surface area contributed by atoms with Crippen molar-refractivity contribution in [2.75, 3.05) is 13.6 Å². The minimum Gasteiger partial charge on any atom is -0.400 e. The molecule has 1 fully saturated rings. The van der Waals surface area contributed by atoms with E-state index in [1.54, 1.807) is 12.1 Å². The third-order valence-electron chi connectivity index (χ3n) is 4.01. The lowest BCUT2D eigenvalue weighted by Crippen LogP contribution is -2.41. The Labute approximate surface area is 125 Å². The molecule has 1 N–H and O–H groups in total. The summed E-state index contributed by atoms with van der Waals surface area (Å²) in [6.07, 6.45) is 1.81. The fourth-order valence-corrected chi connectivity index (χ4v) is 2.10. The number of nitrogens with one attached hydrogen (secondary N) is 1. The Balaban J connectivity index is 2.28. The first-order valence-corrected chi connectivity index (χ1v) is 7.08. The van der Waals surface area contributed by atoms with Gasteiger partial charge in [-0.1, -0.05) is 6.07 Å². The summed E-state index contributed by atoms with van der Waals surface area (Å²) >= 11 is 0. The number of hydrogen-bond donors (Lipinski definition) is 1. The van der Waals surface area contributed by atoms with Crippen molar-refractivity contribution < 1.29 is 13.7 Å². The summed E-state index contributed by atoms with van der Waals surface area (Å²) in [7, 11) is 1.38. The van der Waals surface area contributed by atoms with Gasteiger partial charge in [-0.2, -0.15) is 4.39 Å². The molecule has 0 spiro atoms. The summed E-state index contributed by atoms with van der Waals surface area (Å²) in [6, 6.07) is 4.71. The standard InChI is InChI=1S/C15H22BFN2O2/c1-14(2)15(3,4)21-16(20-14)11(10-18-5)9-12-7-6-8-13(17)19-12/h6-9,18H,10H2,1-5H3. The maximum Gasteiger partial charge on any atom is 0.491 e. The van der Waals surface area contributed by atoms with E-state index in [4.69, 9.17) is 9.31 Å². The lowest BCUT2D eigenvalue weighted by atomic mass is 9.77. The highest BCUT2D eigenvalue weighted by molar-refractivity contribution is 6.55. The van der Waals surface area contributed by atoms with Gasteiger partial charge in [0.2, 0.25) is 5.95 Å². The van der Waals surface area contributed by atoms with Crippen LogP contribution in [0.2, 0.25) is 0 Å². The number of aromatic nitrogens is 1. The predicted molar refractivity (Wildman–Crippen MR) is 82.2 cm³/mol. The summed E-state index contributed by atoms with van der Waals surface area (Å²) in [5, 5.41) is 3.08.